The van der Waals surface area contributed by atoms with Crippen LogP contribution in [0, 0.1) is 0 Å². The molecule has 0 aliphatic heterocycles. The van der Waals surface area contributed by atoms with Gasteiger partial charge in [0.25, 0.3) is 0 Å². The summed E-state index contributed by atoms with van der Waals surface area (Å²) in [6, 6.07) is 4.28. The molecule has 1 fully saturated rings. The number of pyridine rings is 1. The Morgan fingerprint density at radius 2 is 2.41 bits per heavy atom. The van der Waals surface area contributed by atoms with E-state index in [-0.39, 0.29) is 12.0 Å². The number of methoxy groups -OCH3 is 1. The Labute approximate surface area is 102 Å². The third-order valence-corrected chi connectivity index (χ3v) is 3.14. The van der Waals surface area contributed by atoms with Crippen molar-refractivity contribution in [1.29, 1.82) is 0 Å². The molecule has 0 radical (unpaired) electrons. The van der Waals surface area contributed by atoms with Crippen LogP contribution in [0.5, 0.6) is 0 Å². The molecule has 0 spiro atoms. The summed E-state index contributed by atoms with van der Waals surface area (Å²) < 4.78 is 4.81. The lowest BCUT2D eigenvalue weighted by Gasteiger charge is -2.27. The second kappa shape index (κ2) is 5.27. The van der Waals surface area contributed by atoms with E-state index in [0.717, 1.165) is 12.1 Å². The monoisotopic (exact) mass is 234 g/mol. The molecule has 1 aromatic heterocycles. The van der Waals surface area contributed by atoms with E-state index in [9.17, 15) is 4.79 Å². The maximum absolute atomic E-state index is 11.6. The molecule has 4 heteroatoms. The summed E-state index contributed by atoms with van der Waals surface area (Å²) in [7, 11) is 1.44. The topological polar surface area (TPSA) is 42.4 Å². The van der Waals surface area contributed by atoms with E-state index in [0.29, 0.717) is 6.04 Å². The molecule has 17 heavy (non-hydrogen) atoms. The van der Waals surface area contributed by atoms with Gasteiger partial charge in [0.05, 0.1) is 7.11 Å². The third-order valence-electron chi connectivity index (χ3n) is 3.14. The van der Waals surface area contributed by atoms with Gasteiger partial charge in [0.2, 0.25) is 0 Å². The van der Waals surface area contributed by atoms with E-state index < -0.39 is 0 Å². The molecular weight excluding hydrogens is 216 g/mol. The first-order chi connectivity index (χ1) is 8.22. The number of carbonyl (C=O) groups is 1. The zero-order valence-electron chi connectivity index (χ0n) is 10.3. The number of nitrogens with zero attached hydrogens (tertiary/aromatic N) is 2. The van der Waals surface area contributed by atoms with Crippen LogP contribution in [-0.4, -0.2) is 35.0 Å². The fraction of sp³-hybridized carbons (Fsp3) is 0.538. The first kappa shape index (κ1) is 12.0. The number of carbonyl (C=O) groups excluding carboxylic acids is 1. The van der Waals surface area contributed by atoms with Gasteiger partial charge in [-0.3, -0.25) is 14.7 Å². The molecule has 0 amide bonds. The van der Waals surface area contributed by atoms with Crippen LogP contribution in [0.15, 0.2) is 24.5 Å². The third kappa shape index (κ3) is 3.03. The van der Waals surface area contributed by atoms with Gasteiger partial charge >= 0.3 is 5.97 Å². The minimum Gasteiger partial charge on any atom is -0.468 e. The standard InChI is InChI=1S/C13H18N2O2/c1-10(13(16)17-2)15(12-5-6-12)9-11-4-3-7-14-8-11/h3-4,7-8,10,12H,5-6,9H2,1-2H3. The van der Waals surface area contributed by atoms with Gasteiger partial charge in [0, 0.05) is 25.0 Å². The summed E-state index contributed by atoms with van der Waals surface area (Å²) in [6.07, 6.45) is 5.94. The Bertz CT molecular complexity index is 376. The number of rotatable bonds is 5. The highest BCUT2D eigenvalue weighted by atomic mass is 16.5. The summed E-state index contributed by atoms with van der Waals surface area (Å²) >= 11 is 0. The van der Waals surface area contributed by atoms with E-state index >= 15 is 0 Å². The molecular formula is C13H18N2O2. The van der Waals surface area contributed by atoms with Gasteiger partial charge in [0.1, 0.15) is 6.04 Å². The van der Waals surface area contributed by atoms with Crippen molar-refractivity contribution in [3.8, 4) is 0 Å². The molecule has 1 unspecified atom stereocenters. The van der Waals surface area contributed by atoms with Crippen LogP contribution in [0.3, 0.4) is 0 Å². The van der Waals surface area contributed by atoms with Gasteiger partial charge in [-0.15, -0.1) is 0 Å². The van der Waals surface area contributed by atoms with E-state index in [4.69, 9.17) is 4.74 Å². The lowest BCUT2D eigenvalue weighted by molar-refractivity contribution is -0.146. The average molecular weight is 234 g/mol. The van der Waals surface area contributed by atoms with Gasteiger partial charge in [0.15, 0.2) is 0 Å². The van der Waals surface area contributed by atoms with Crippen molar-refractivity contribution >= 4 is 5.97 Å². The van der Waals surface area contributed by atoms with Gasteiger partial charge in [-0.2, -0.15) is 0 Å². The largest absolute Gasteiger partial charge is 0.468 e. The highest BCUT2D eigenvalue weighted by Gasteiger charge is 2.35. The predicted molar refractivity (Wildman–Crippen MR) is 64.3 cm³/mol. The van der Waals surface area contributed by atoms with Gasteiger partial charge < -0.3 is 4.74 Å². The number of aromatic nitrogens is 1. The summed E-state index contributed by atoms with van der Waals surface area (Å²) in [5, 5.41) is 0. The highest BCUT2D eigenvalue weighted by molar-refractivity contribution is 5.75. The number of ether oxygens (including phenoxy) is 1. The molecule has 0 N–H and O–H groups in total. The molecule has 1 heterocycles. The molecule has 1 aliphatic rings. The Hall–Kier alpha value is -1.42. The molecule has 92 valence electrons. The first-order valence-electron chi connectivity index (χ1n) is 5.95. The minimum atomic E-state index is -0.187. The minimum absolute atomic E-state index is 0.166. The summed E-state index contributed by atoms with van der Waals surface area (Å²) in [6.45, 7) is 2.66. The molecule has 2 rings (SSSR count). The predicted octanol–water partition coefficient (Wildman–Crippen LogP) is 1.61. The zero-order valence-corrected chi connectivity index (χ0v) is 10.3. The van der Waals surface area contributed by atoms with Crippen molar-refractivity contribution in [1.82, 2.24) is 9.88 Å². The van der Waals surface area contributed by atoms with Crippen molar-refractivity contribution in [2.45, 2.75) is 38.4 Å². The number of hydrogen-bond acceptors (Lipinski definition) is 4. The lowest BCUT2D eigenvalue weighted by Crippen LogP contribution is -2.40. The SMILES string of the molecule is COC(=O)C(C)N(Cc1cccnc1)C1CC1. The van der Waals surface area contributed by atoms with Crippen LogP contribution in [0.4, 0.5) is 0 Å². The molecule has 1 aliphatic carbocycles. The molecule has 1 atom stereocenters. The van der Waals surface area contributed by atoms with Crippen LogP contribution in [0.2, 0.25) is 0 Å². The van der Waals surface area contributed by atoms with Crippen LogP contribution < -0.4 is 0 Å². The van der Waals surface area contributed by atoms with Crippen molar-refractivity contribution in [3.63, 3.8) is 0 Å². The first-order valence-corrected chi connectivity index (χ1v) is 5.95. The quantitative estimate of drug-likeness (QED) is 0.726. The fourth-order valence-corrected chi connectivity index (χ4v) is 2.00. The highest BCUT2D eigenvalue weighted by Crippen LogP contribution is 2.30. The van der Waals surface area contributed by atoms with E-state index in [2.05, 4.69) is 9.88 Å². The second-order valence-electron chi connectivity index (χ2n) is 4.46. The molecule has 0 bridgehead atoms. The Morgan fingerprint density at radius 3 is 2.94 bits per heavy atom. The fourth-order valence-electron chi connectivity index (χ4n) is 2.00. The molecule has 0 saturated heterocycles. The normalized spacial score (nSPS) is 16.9. The maximum Gasteiger partial charge on any atom is 0.322 e. The summed E-state index contributed by atoms with van der Waals surface area (Å²) in [5.41, 5.74) is 1.13. The lowest BCUT2D eigenvalue weighted by atomic mass is 10.2. The van der Waals surface area contributed by atoms with Crippen LogP contribution in [0.25, 0.3) is 0 Å². The van der Waals surface area contributed by atoms with E-state index in [1.165, 1.54) is 20.0 Å². The van der Waals surface area contributed by atoms with Crippen LogP contribution in [-0.2, 0) is 16.1 Å². The smallest absolute Gasteiger partial charge is 0.322 e. The van der Waals surface area contributed by atoms with Crippen LogP contribution in [0.1, 0.15) is 25.3 Å². The average Bonchev–Trinajstić information content (AvgIpc) is 3.19. The van der Waals surface area contributed by atoms with E-state index in [1.54, 1.807) is 6.20 Å². The number of hydrogen-bond donors (Lipinski definition) is 0. The molecule has 4 nitrogen and oxygen atoms in total. The van der Waals surface area contributed by atoms with Crippen molar-refractivity contribution in [3.05, 3.63) is 30.1 Å². The second-order valence-corrected chi connectivity index (χ2v) is 4.46. The Balaban J connectivity index is 2.05. The molecule has 1 saturated carbocycles. The molecule has 0 aromatic carbocycles. The number of esters is 1. The Kier molecular flexibility index (Phi) is 3.74. The zero-order chi connectivity index (χ0) is 12.3. The Morgan fingerprint density at radius 1 is 1.65 bits per heavy atom. The van der Waals surface area contributed by atoms with Gasteiger partial charge in [-0.05, 0) is 31.4 Å². The van der Waals surface area contributed by atoms with Crippen molar-refractivity contribution < 1.29 is 9.53 Å². The molecule has 1 aromatic rings. The summed E-state index contributed by atoms with van der Waals surface area (Å²) in [5.74, 6) is -0.166. The maximum atomic E-state index is 11.6. The van der Waals surface area contributed by atoms with Crippen LogP contribution >= 0.6 is 0 Å². The van der Waals surface area contributed by atoms with E-state index in [1.807, 2.05) is 25.3 Å². The van der Waals surface area contributed by atoms with Crippen molar-refractivity contribution in [2.75, 3.05) is 7.11 Å². The van der Waals surface area contributed by atoms with Crippen molar-refractivity contribution in [2.24, 2.45) is 0 Å². The summed E-state index contributed by atoms with van der Waals surface area (Å²) in [4.78, 5) is 17.9. The van der Waals surface area contributed by atoms with Gasteiger partial charge in [-0.1, -0.05) is 6.07 Å². The van der Waals surface area contributed by atoms with Gasteiger partial charge in [-0.25, -0.2) is 0 Å².